The number of pyridine rings is 1. The minimum absolute atomic E-state index is 0.0562. The Hall–Kier alpha value is -3.43. The standard InChI is InChI=1S/C22H19Cl2N3O6/c1-10(2)33-21-18(19(30)20(21)31)27-15(7-16(28)29)11-3-5-12(6-4-11)26-22(32)17-13(23)8-25-9-14(17)24/h3-6,8-10,15,27H,7H2,1-2H3,(H,26,32)(H,28,29)/t15-/m0/s1. The molecule has 0 aliphatic rings. The third-order valence-electron chi connectivity index (χ3n) is 4.57. The summed E-state index contributed by atoms with van der Waals surface area (Å²) in [6.45, 7) is 3.41. The van der Waals surface area contributed by atoms with Crippen molar-refractivity contribution < 1.29 is 19.4 Å². The normalized spacial score (nSPS) is 11.9. The number of rotatable bonds is 9. The Kier molecular flexibility index (Phi) is 7.35. The third kappa shape index (κ3) is 5.50. The lowest BCUT2D eigenvalue weighted by Gasteiger charge is -2.22. The van der Waals surface area contributed by atoms with Gasteiger partial charge in [-0.1, -0.05) is 35.3 Å². The number of ether oxygens (including phenoxy) is 1. The van der Waals surface area contributed by atoms with Crippen molar-refractivity contribution in [3.8, 4) is 5.75 Å². The summed E-state index contributed by atoms with van der Waals surface area (Å²) in [7, 11) is 0. The topological polar surface area (TPSA) is 135 Å². The maximum absolute atomic E-state index is 12.5. The molecule has 1 aromatic heterocycles. The van der Waals surface area contributed by atoms with Gasteiger partial charge < -0.3 is 20.5 Å². The maximum atomic E-state index is 12.5. The molecule has 0 unspecified atom stereocenters. The minimum atomic E-state index is -1.11. The van der Waals surface area contributed by atoms with Crippen LogP contribution in [0.4, 0.5) is 11.4 Å². The van der Waals surface area contributed by atoms with Gasteiger partial charge in [0.25, 0.3) is 16.8 Å². The molecule has 0 radical (unpaired) electrons. The van der Waals surface area contributed by atoms with Gasteiger partial charge in [-0.05, 0) is 31.5 Å². The Bertz CT molecular complexity index is 1250. The zero-order valence-corrected chi connectivity index (χ0v) is 19.0. The van der Waals surface area contributed by atoms with E-state index < -0.39 is 28.8 Å². The van der Waals surface area contributed by atoms with Gasteiger partial charge in [-0.3, -0.25) is 24.2 Å². The van der Waals surface area contributed by atoms with Crippen LogP contribution >= 0.6 is 23.2 Å². The molecule has 0 spiro atoms. The molecule has 1 atom stereocenters. The number of anilines is 2. The van der Waals surface area contributed by atoms with E-state index in [0.717, 1.165) is 0 Å². The number of carboxylic acid groups (broad SMARTS) is 1. The molecule has 3 rings (SSSR count). The molecule has 0 saturated heterocycles. The lowest BCUT2D eigenvalue weighted by atomic mass is 10.0. The molecule has 0 aliphatic carbocycles. The number of nitrogens with one attached hydrogen (secondary N) is 2. The number of aliphatic carboxylic acids is 1. The SMILES string of the molecule is CC(C)Oc1c(N[C@@H](CC(=O)O)c2ccc(NC(=O)c3c(Cl)cncc3Cl)cc2)c(=O)c1=O. The van der Waals surface area contributed by atoms with Gasteiger partial charge in [-0.25, -0.2) is 0 Å². The van der Waals surface area contributed by atoms with E-state index in [1.54, 1.807) is 38.1 Å². The van der Waals surface area contributed by atoms with Crippen LogP contribution in [0.15, 0.2) is 46.2 Å². The number of hydrogen-bond donors (Lipinski definition) is 3. The van der Waals surface area contributed by atoms with Gasteiger partial charge in [-0.2, -0.15) is 0 Å². The Balaban J connectivity index is 1.81. The highest BCUT2D eigenvalue weighted by Gasteiger charge is 2.27. The average molecular weight is 492 g/mol. The highest BCUT2D eigenvalue weighted by Crippen LogP contribution is 2.29. The van der Waals surface area contributed by atoms with E-state index in [2.05, 4.69) is 15.6 Å². The smallest absolute Gasteiger partial charge is 0.305 e. The minimum Gasteiger partial charge on any atom is -0.485 e. The average Bonchev–Trinajstić information content (AvgIpc) is 2.75. The lowest BCUT2D eigenvalue weighted by Crippen LogP contribution is -2.38. The Morgan fingerprint density at radius 2 is 1.67 bits per heavy atom. The fourth-order valence-electron chi connectivity index (χ4n) is 3.07. The lowest BCUT2D eigenvalue weighted by molar-refractivity contribution is -0.137. The van der Waals surface area contributed by atoms with E-state index in [1.165, 1.54) is 12.4 Å². The van der Waals surface area contributed by atoms with Crippen LogP contribution in [0.2, 0.25) is 10.0 Å². The molecular weight excluding hydrogens is 473 g/mol. The summed E-state index contributed by atoms with van der Waals surface area (Å²) >= 11 is 12.0. The van der Waals surface area contributed by atoms with Crippen LogP contribution in [0.3, 0.4) is 0 Å². The number of amides is 1. The van der Waals surface area contributed by atoms with Crippen LogP contribution in [-0.2, 0) is 4.79 Å². The van der Waals surface area contributed by atoms with E-state index in [0.29, 0.717) is 11.3 Å². The van der Waals surface area contributed by atoms with E-state index in [9.17, 15) is 24.3 Å². The largest absolute Gasteiger partial charge is 0.485 e. The summed E-state index contributed by atoms with van der Waals surface area (Å²) in [4.78, 5) is 51.5. The second-order valence-corrected chi connectivity index (χ2v) is 8.19. The second kappa shape index (κ2) is 10.0. The predicted octanol–water partition coefficient (Wildman–Crippen LogP) is 3.65. The molecule has 9 nitrogen and oxygen atoms in total. The van der Waals surface area contributed by atoms with E-state index in [-0.39, 0.29) is 39.6 Å². The van der Waals surface area contributed by atoms with Crippen molar-refractivity contribution in [2.75, 3.05) is 10.6 Å². The summed E-state index contributed by atoms with van der Waals surface area (Å²) in [5, 5.41) is 15.0. The molecule has 11 heteroatoms. The van der Waals surface area contributed by atoms with Crippen molar-refractivity contribution in [3.05, 3.63) is 78.3 Å². The van der Waals surface area contributed by atoms with Crippen LogP contribution in [0.1, 0.15) is 42.2 Å². The predicted molar refractivity (Wildman–Crippen MR) is 124 cm³/mol. The van der Waals surface area contributed by atoms with Gasteiger partial charge in [-0.15, -0.1) is 0 Å². The van der Waals surface area contributed by atoms with Crippen LogP contribution in [0, 0.1) is 0 Å². The van der Waals surface area contributed by atoms with E-state index in [1.807, 2.05) is 0 Å². The first-order valence-electron chi connectivity index (χ1n) is 9.77. The van der Waals surface area contributed by atoms with Gasteiger partial charge in [0, 0.05) is 18.1 Å². The van der Waals surface area contributed by atoms with Crippen molar-refractivity contribution >= 4 is 46.5 Å². The van der Waals surface area contributed by atoms with Gasteiger partial charge >= 0.3 is 5.97 Å². The van der Waals surface area contributed by atoms with Crippen LogP contribution in [0.5, 0.6) is 5.75 Å². The van der Waals surface area contributed by atoms with Crippen molar-refractivity contribution in [2.45, 2.75) is 32.4 Å². The first-order chi connectivity index (χ1) is 15.6. The van der Waals surface area contributed by atoms with Gasteiger partial charge in [0.05, 0.1) is 34.2 Å². The van der Waals surface area contributed by atoms with E-state index in [4.69, 9.17) is 27.9 Å². The Morgan fingerprint density at radius 3 is 2.21 bits per heavy atom. The molecule has 2 aromatic carbocycles. The Morgan fingerprint density at radius 1 is 1.06 bits per heavy atom. The van der Waals surface area contributed by atoms with E-state index >= 15 is 0 Å². The first-order valence-corrected chi connectivity index (χ1v) is 10.5. The van der Waals surface area contributed by atoms with Crippen molar-refractivity contribution in [1.29, 1.82) is 0 Å². The highest BCUT2D eigenvalue weighted by atomic mass is 35.5. The van der Waals surface area contributed by atoms with Gasteiger partial charge in [0.15, 0.2) is 5.75 Å². The fourth-order valence-corrected chi connectivity index (χ4v) is 3.61. The zero-order valence-electron chi connectivity index (χ0n) is 17.5. The van der Waals surface area contributed by atoms with Crippen LogP contribution < -0.4 is 26.2 Å². The zero-order chi connectivity index (χ0) is 24.3. The number of hydrogen-bond acceptors (Lipinski definition) is 7. The van der Waals surface area contributed by atoms with Crippen LogP contribution in [-0.4, -0.2) is 28.1 Å². The fraction of sp³-hybridized carbons (Fsp3) is 0.227. The number of carboxylic acids is 1. The molecule has 3 N–H and O–H groups in total. The maximum Gasteiger partial charge on any atom is 0.305 e. The number of benzene rings is 1. The monoisotopic (exact) mass is 491 g/mol. The van der Waals surface area contributed by atoms with Crippen molar-refractivity contribution in [3.63, 3.8) is 0 Å². The highest BCUT2D eigenvalue weighted by molar-refractivity contribution is 6.40. The summed E-state index contributed by atoms with van der Waals surface area (Å²) in [5.74, 6) is -1.77. The molecular formula is C22H19Cl2N3O6. The summed E-state index contributed by atoms with van der Waals surface area (Å²) in [6.07, 6.45) is 1.89. The third-order valence-corrected chi connectivity index (χ3v) is 5.14. The quantitative estimate of drug-likeness (QED) is 0.386. The number of halogens is 2. The molecule has 0 fully saturated rings. The van der Waals surface area contributed by atoms with Crippen LogP contribution in [0.25, 0.3) is 0 Å². The number of aromatic nitrogens is 1. The molecule has 0 saturated carbocycles. The summed E-state index contributed by atoms with van der Waals surface area (Å²) in [5.41, 5.74) is -0.596. The molecule has 3 aromatic rings. The number of nitrogens with zero attached hydrogens (tertiary/aromatic N) is 1. The molecule has 172 valence electrons. The number of carbonyl (C=O) groups excluding carboxylic acids is 1. The summed E-state index contributed by atoms with van der Waals surface area (Å²) in [6, 6.07) is 5.45. The molecule has 33 heavy (non-hydrogen) atoms. The van der Waals surface area contributed by atoms with Gasteiger partial charge in [0.2, 0.25) is 0 Å². The molecule has 0 aliphatic heterocycles. The number of carbonyl (C=O) groups is 2. The van der Waals surface area contributed by atoms with Crippen molar-refractivity contribution in [1.82, 2.24) is 4.98 Å². The first kappa shape index (κ1) is 24.2. The molecule has 1 amide bonds. The molecule has 1 heterocycles. The van der Waals surface area contributed by atoms with Crippen molar-refractivity contribution in [2.24, 2.45) is 0 Å². The molecule has 0 bridgehead atoms. The Labute approximate surface area is 198 Å². The second-order valence-electron chi connectivity index (χ2n) is 7.38. The van der Waals surface area contributed by atoms with Gasteiger partial charge in [0.1, 0.15) is 5.69 Å². The summed E-state index contributed by atoms with van der Waals surface area (Å²) < 4.78 is 5.37.